The summed E-state index contributed by atoms with van der Waals surface area (Å²) in [5.41, 5.74) is 6.63. The van der Waals surface area contributed by atoms with E-state index >= 15 is 0 Å². The lowest BCUT2D eigenvalue weighted by Crippen LogP contribution is -2.34. The van der Waals surface area contributed by atoms with Gasteiger partial charge in [-0.1, -0.05) is 6.92 Å². The molecule has 1 unspecified atom stereocenters. The van der Waals surface area contributed by atoms with Crippen LogP contribution >= 0.6 is 0 Å². The fourth-order valence-electron chi connectivity index (χ4n) is 1.83. The van der Waals surface area contributed by atoms with Gasteiger partial charge in [-0.2, -0.15) is 0 Å². The molecule has 6 heteroatoms. The minimum Gasteiger partial charge on any atom is -0.495 e. The van der Waals surface area contributed by atoms with Gasteiger partial charge in [0.25, 0.3) is 5.91 Å². The van der Waals surface area contributed by atoms with Gasteiger partial charge in [-0.05, 0) is 18.2 Å². The third-order valence-electron chi connectivity index (χ3n) is 2.98. The second-order valence-electron chi connectivity index (χ2n) is 4.57. The smallest absolute Gasteiger partial charge is 0.310 e. The minimum absolute atomic E-state index is 0.209. The zero-order valence-electron chi connectivity index (χ0n) is 12.2. The highest BCUT2D eigenvalue weighted by Gasteiger charge is 2.20. The standard InChI is InChI=1S/C14H20N2O4/c1-9(14(18)20-4)8-16(2)13(17)10-5-6-11(15)12(7-10)19-3/h5-7,9H,8,15H2,1-4H3. The molecule has 6 nitrogen and oxygen atoms in total. The molecule has 1 aromatic carbocycles. The molecule has 0 aliphatic carbocycles. The number of carbonyl (C=O) groups excluding carboxylic acids is 2. The van der Waals surface area contributed by atoms with Gasteiger partial charge >= 0.3 is 5.97 Å². The molecule has 1 amide bonds. The number of rotatable bonds is 5. The van der Waals surface area contributed by atoms with Crippen molar-refractivity contribution >= 4 is 17.6 Å². The van der Waals surface area contributed by atoms with Crippen LogP contribution in [0.1, 0.15) is 17.3 Å². The van der Waals surface area contributed by atoms with Crippen LogP contribution in [0.25, 0.3) is 0 Å². The molecule has 1 aromatic rings. The summed E-state index contributed by atoms with van der Waals surface area (Å²) in [6, 6.07) is 4.82. The van der Waals surface area contributed by atoms with E-state index in [0.717, 1.165) is 0 Å². The highest BCUT2D eigenvalue weighted by Crippen LogP contribution is 2.22. The Morgan fingerprint density at radius 2 is 2.00 bits per heavy atom. The monoisotopic (exact) mass is 280 g/mol. The quantitative estimate of drug-likeness (QED) is 0.646. The molecule has 1 rings (SSSR count). The van der Waals surface area contributed by atoms with Crippen LogP contribution in [0.5, 0.6) is 5.75 Å². The predicted molar refractivity (Wildman–Crippen MR) is 75.5 cm³/mol. The number of nitrogens with two attached hydrogens (primary N) is 1. The first-order valence-electron chi connectivity index (χ1n) is 6.17. The predicted octanol–water partition coefficient (Wildman–Crippen LogP) is 1.16. The van der Waals surface area contributed by atoms with Crippen LogP contribution in [0.4, 0.5) is 5.69 Å². The number of nitrogen functional groups attached to an aromatic ring is 1. The molecule has 0 bridgehead atoms. The van der Waals surface area contributed by atoms with Crippen LogP contribution in [0.15, 0.2) is 18.2 Å². The molecule has 0 aromatic heterocycles. The molecule has 1 atom stereocenters. The Hall–Kier alpha value is -2.24. The van der Waals surface area contributed by atoms with Gasteiger partial charge in [-0.3, -0.25) is 9.59 Å². The number of ether oxygens (including phenoxy) is 2. The van der Waals surface area contributed by atoms with Crippen molar-refractivity contribution in [3.63, 3.8) is 0 Å². The highest BCUT2D eigenvalue weighted by molar-refractivity contribution is 5.95. The zero-order chi connectivity index (χ0) is 15.3. The van der Waals surface area contributed by atoms with Crippen molar-refractivity contribution in [3.8, 4) is 5.75 Å². The topological polar surface area (TPSA) is 81.9 Å². The van der Waals surface area contributed by atoms with Crippen LogP contribution in [-0.4, -0.2) is 44.6 Å². The molecule has 0 saturated heterocycles. The summed E-state index contributed by atoms with van der Waals surface area (Å²) in [5.74, 6) is -0.492. The number of amides is 1. The van der Waals surface area contributed by atoms with Crippen LogP contribution in [-0.2, 0) is 9.53 Å². The Labute approximate surface area is 118 Å². The minimum atomic E-state index is -0.385. The molecule has 110 valence electrons. The number of hydrogen-bond donors (Lipinski definition) is 1. The lowest BCUT2D eigenvalue weighted by molar-refractivity contribution is -0.145. The lowest BCUT2D eigenvalue weighted by Gasteiger charge is -2.20. The largest absolute Gasteiger partial charge is 0.495 e. The SMILES string of the molecule is COC(=O)C(C)CN(C)C(=O)c1ccc(N)c(OC)c1. The summed E-state index contributed by atoms with van der Waals surface area (Å²) >= 11 is 0. The number of nitrogens with zero attached hydrogens (tertiary/aromatic N) is 1. The second kappa shape index (κ2) is 6.79. The van der Waals surface area contributed by atoms with Gasteiger partial charge in [0.15, 0.2) is 0 Å². The number of esters is 1. The first kappa shape index (κ1) is 15.8. The van der Waals surface area contributed by atoms with Gasteiger partial charge in [0.1, 0.15) is 5.75 Å². The van der Waals surface area contributed by atoms with E-state index in [9.17, 15) is 9.59 Å². The number of hydrogen-bond acceptors (Lipinski definition) is 5. The summed E-state index contributed by atoms with van der Waals surface area (Å²) < 4.78 is 9.72. The lowest BCUT2D eigenvalue weighted by atomic mass is 10.1. The van der Waals surface area contributed by atoms with Crippen LogP contribution in [0.2, 0.25) is 0 Å². The molecule has 0 radical (unpaired) electrons. The summed E-state index contributed by atoms with van der Waals surface area (Å²) in [6.07, 6.45) is 0. The van der Waals surface area contributed by atoms with Gasteiger partial charge in [0.05, 0.1) is 25.8 Å². The molecule has 0 heterocycles. The molecule has 0 fully saturated rings. The first-order valence-corrected chi connectivity index (χ1v) is 6.17. The van der Waals surface area contributed by atoms with Crippen LogP contribution in [0, 0.1) is 5.92 Å². The van der Waals surface area contributed by atoms with Gasteiger partial charge in [-0.25, -0.2) is 0 Å². The fourth-order valence-corrected chi connectivity index (χ4v) is 1.83. The molecule has 20 heavy (non-hydrogen) atoms. The summed E-state index contributed by atoms with van der Waals surface area (Å²) in [7, 11) is 4.44. The fraction of sp³-hybridized carbons (Fsp3) is 0.429. The average Bonchev–Trinajstić information content (AvgIpc) is 2.45. The van der Waals surface area contributed by atoms with E-state index in [-0.39, 0.29) is 24.3 Å². The van der Waals surface area contributed by atoms with E-state index in [0.29, 0.717) is 17.0 Å². The Bertz CT molecular complexity index is 502. The van der Waals surface area contributed by atoms with E-state index in [1.807, 2.05) is 0 Å². The maximum absolute atomic E-state index is 12.2. The average molecular weight is 280 g/mol. The van der Waals surface area contributed by atoms with Gasteiger partial charge in [0, 0.05) is 19.2 Å². The van der Waals surface area contributed by atoms with Gasteiger partial charge in [-0.15, -0.1) is 0 Å². The first-order chi connectivity index (χ1) is 9.40. The zero-order valence-corrected chi connectivity index (χ0v) is 12.2. The van der Waals surface area contributed by atoms with Crippen molar-refractivity contribution in [2.45, 2.75) is 6.92 Å². The van der Waals surface area contributed by atoms with Crippen molar-refractivity contribution in [1.82, 2.24) is 4.90 Å². The summed E-state index contributed by atoms with van der Waals surface area (Å²) in [4.78, 5) is 25.1. The molecule has 2 N–H and O–H groups in total. The maximum Gasteiger partial charge on any atom is 0.310 e. The number of carbonyl (C=O) groups is 2. The van der Waals surface area contributed by atoms with Crippen LogP contribution < -0.4 is 10.5 Å². The normalized spacial score (nSPS) is 11.6. The molecular weight excluding hydrogens is 260 g/mol. The third-order valence-corrected chi connectivity index (χ3v) is 2.98. The molecule has 0 spiro atoms. The highest BCUT2D eigenvalue weighted by atomic mass is 16.5. The van der Waals surface area contributed by atoms with Gasteiger partial charge < -0.3 is 20.1 Å². The Kier molecular flexibility index (Phi) is 5.37. The van der Waals surface area contributed by atoms with E-state index < -0.39 is 0 Å². The van der Waals surface area contributed by atoms with Crippen LogP contribution in [0.3, 0.4) is 0 Å². The van der Waals surface area contributed by atoms with Crippen molar-refractivity contribution < 1.29 is 19.1 Å². The van der Waals surface area contributed by atoms with Crippen molar-refractivity contribution in [2.75, 3.05) is 33.5 Å². The molecule has 0 saturated carbocycles. The van der Waals surface area contributed by atoms with E-state index in [2.05, 4.69) is 4.74 Å². The Morgan fingerprint density at radius 1 is 1.35 bits per heavy atom. The van der Waals surface area contributed by atoms with E-state index in [1.165, 1.54) is 19.1 Å². The van der Waals surface area contributed by atoms with E-state index in [4.69, 9.17) is 10.5 Å². The Balaban J connectivity index is 2.81. The third kappa shape index (κ3) is 3.63. The number of anilines is 1. The van der Waals surface area contributed by atoms with E-state index in [1.54, 1.807) is 32.2 Å². The van der Waals surface area contributed by atoms with Gasteiger partial charge in [0.2, 0.25) is 0 Å². The maximum atomic E-state index is 12.2. The van der Waals surface area contributed by atoms with Crippen molar-refractivity contribution in [3.05, 3.63) is 23.8 Å². The summed E-state index contributed by atoms with van der Waals surface area (Å²) in [6.45, 7) is 1.98. The summed E-state index contributed by atoms with van der Waals surface area (Å²) in [5, 5.41) is 0. The number of methoxy groups -OCH3 is 2. The molecule has 0 aliphatic rings. The molecule has 0 aliphatic heterocycles. The molecular formula is C14H20N2O4. The number of benzene rings is 1. The second-order valence-corrected chi connectivity index (χ2v) is 4.57. The van der Waals surface area contributed by atoms with Crippen molar-refractivity contribution in [2.24, 2.45) is 5.92 Å². The Morgan fingerprint density at radius 3 is 2.55 bits per heavy atom. The van der Waals surface area contributed by atoms with Crippen molar-refractivity contribution in [1.29, 1.82) is 0 Å².